The molecule has 3 rings (SSSR count). The van der Waals surface area contributed by atoms with Gasteiger partial charge in [0.05, 0.1) is 6.04 Å². The highest BCUT2D eigenvalue weighted by Gasteiger charge is 2.25. The minimum atomic E-state index is 0. The largest absolute Gasteiger partial charge is 0.381 e. The van der Waals surface area contributed by atoms with Gasteiger partial charge in [-0.25, -0.2) is 0 Å². The van der Waals surface area contributed by atoms with Crippen LogP contribution in [0.2, 0.25) is 0 Å². The topological polar surface area (TPSA) is 58.1 Å². The number of thiophene rings is 1. The van der Waals surface area contributed by atoms with Crippen molar-refractivity contribution in [3.8, 4) is 0 Å². The Kier molecular flexibility index (Phi) is 13.3. The first-order valence-corrected chi connectivity index (χ1v) is 12.5. The zero-order valence-corrected chi connectivity index (χ0v) is 22.3. The summed E-state index contributed by atoms with van der Waals surface area (Å²) in [5.74, 6) is 2.40. The first-order valence-electron chi connectivity index (χ1n) is 11.6. The van der Waals surface area contributed by atoms with E-state index in [1.54, 1.807) is 0 Å². The number of halogens is 1. The van der Waals surface area contributed by atoms with Gasteiger partial charge in [-0.3, -0.25) is 9.89 Å². The molecule has 0 aliphatic carbocycles. The van der Waals surface area contributed by atoms with E-state index in [9.17, 15) is 0 Å². The third kappa shape index (κ3) is 9.53. The van der Waals surface area contributed by atoms with Crippen LogP contribution in [0.25, 0.3) is 0 Å². The Morgan fingerprint density at radius 1 is 1.26 bits per heavy atom. The molecule has 1 aromatic heterocycles. The highest BCUT2D eigenvalue weighted by atomic mass is 127. The highest BCUT2D eigenvalue weighted by Crippen LogP contribution is 2.29. The van der Waals surface area contributed by atoms with Gasteiger partial charge in [0.1, 0.15) is 0 Å². The molecule has 178 valence electrons. The zero-order chi connectivity index (χ0) is 21.0. The summed E-state index contributed by atoms with van der Waals surface area (Å²) >= 11 is 1.86. The molecular weight excluding hydrogens is 523 g/mol. The SMILES string of the molecule is CN=C(NCCCOCC1CCOCC1)NCC(c1cccs1)N1CCC(C)CC1.I. The maximum atomic E-state index is 5.86. The van der Waals surface area contributed by atoms with Gasteiger partial charge in [-0.2, -0.15) is 0 Å². The molecule has 1 atom stereocenters. The minimum Gasteiger partial charge on any atom is -0.381 e. The van der Waals surface area contributed by atoms with Crippen LogP contribution in [0.3, 0.4) is 0 Å². The lowest BCUT2D eigenvalue weighted by Gasteiger charge is -2.36. The van der Waals surface area contributed by atoms with Gasteiger partial charge in [-0.05, 0) is 68.5 Å². The third-order valence-electron chi connectivity index (χ3n) is 6.27. The van der Waals surface area contributed by atoms with E-state index >= 15 is 0 Å². The van der Waals surface area contributed by atoms with E-state index < -0.39 is 0 Å². The fraction of sp³-hybridized carbons (Fsp3) is 0.783. The van der Waals surface area contributed by atoms with Crippen LogP contribution in [0.15, 0.2) is 22.5 Å². The maximum absolute atomic E-state index is 5.86. The van der Waals surface area contributed by atoms with Gasteiger partial charge in [-0.15, -0.1) is 35.3 Å². The predicted molar refractivity (Wildman–Crippen MR) is 141 cm³/mol. The summed E-state index contributed by atoms with van der Waals surface area (Å²) in [5.41, 5.74) is 0. The number of nitrogens with zero attached hydrogens (tertiary/aromatic N) is 2. The van der Waals surface area contributed by atoms with Crippen LogP contribution in [0.4, 0.5) is 0 Å². The summed E-state index contributed by atoms with van der Waals surface area (Å²) in [6, 6.07) is 4.84. The van der Waals surface area contributed by atoms with Crippen molar-refractivity contribution in [2.24, 2.45) is 16.8 Å². The molecule has 31 heavy (non-hydrogen) atoms. The first kappa shape index (κ1) is 26.8. The Labute approximate surface area is 209 Å². The molecule has 2 N–H and O–H groups in total. The van der Waals surface area contributed by atoms with Crippen molar-refractivity contribution in [1.82, 2.24) is 15.5 Å². The second-order valence-electron chi connectivity index (χ2n) is 8.61. The lowest BCUT2D eigenvalue weighted by Crippen LogP contribution is -2.45. The minimum absolute atomic E-state index is 0. The second kappa shape index (κ2) is 15.4. The van der Waals surface area contributed by atoms with Crippen LogP contribution in [-0.4, -0.2) is 70.5 Å². The molecule has 2 fully saturated rings. The summed E-state index contributed by atoms with van der Waals surface area (Å²) in [6.45, 7) is 9.94. The molecule has 2 aliphatic rings. The number of nitrogens with one attached hydrogen (secondary N) is 2. The van der Waals surface area contributed by atoms with Gasteiger partial charge >= 0.3 is 0 Å². The van der Waals surface area contributed by atoms with Crippen LogP contribution in [-0.2, 0) is 9.47 Å². The summed E-state index contributed by atoms with van der Waals surface area (Å²) in [6.07, 6.45) is 5.85. The Morgan fingerprint density at radius 3 is 2.71 bits per heavy atom. The molecule has 0 amide bonds. The fourth-order valence-corrected chi connectivity index (χ4v) is 5.05. The van der Waals surface area contributed by atoms with Crippen LogP contribution in [0.5, 0.6) is 0 Å². The van der Waals surface area contributed by atoms with Crippen LogP contribution in [0, 0.1) is 11.8 Å². The van der Waals surface area contributed by atoms with Crippen molar-refractivity contribution in [2.45, 2.75) is 45.1 Å². The average Bonchev–Trinajstić information content (AvgIpc) is 3.31. The molecule has 0 bridgehead atoms. The Hall–Kier alpha value is -0.420. The Balaban J connectivity index is 0.00000341. The van der Waals surface area contributed by atoms with Gasteiger partial charge in [0, 0.05) is 51.4 Å². The van der Waals surface area contributed by atoms with E-state index in [2.05, 4.69) is 45.0 Å². The van der Waals surface area contributed by atoms with Gasteiger partial charge in [-0.1, -0.05) is 13.0 Å². The van der Waals surface area contributed by atoms with Crippen molar-refractivity contribution < 1.29 is 9.47 Å². The number of likely N-dealkylation sites (tertiary alicyclic amines) is 1. The van der Waals surface area contributed by atoms with Gasteiger partial charge in [0.2, 0.25) is 0 Å². The van der Waals surface area contributed by atoms with Crippen molar-refractivity contribution >= 4 is 41.3 Å². The summed E-state index contributed by atoms with van der Waals surface area (Å²) < 4.78 is 11.3. The number of hydrogen-bond donors (Lipinski definition) is 2. The summed E-state index contributed by atoms with van der Waals surface area (Å²) in [4.78, 5) is 8.49. The molecule has 1 unspecified atom stereocenters. The molecule has 0 saturated carbocycles. The van der Waals surface area contributed by atoms with Crippen molar-refractivity contribution in [1.29, 1.82) is 0 Å². The Morgan fingerprint density at radius 2 is 2.03 bits per heavy atom. The molecule has 1 aromatic rings. The maximum Gasteiger partial charge on any atom is 0.191 e. The molecule has 2 aliphatic heterocycles. The molecule has 2 saturated heterocycles. The molecule has 3 heterocycles. The molecular formula is C23H41IN4O2S. The number of hydrogen-bond acceptors (Lipinski definition) is 5. The van der Waals surface area contributed by atoms with E-state index in [1.807, 2.05) is 18.4 Å². The van der Waals surface area contributed by atoms with Gasteiger partial charge in [0.15, 0.2) is 5.96 Å². The van der Waals surface area contributed by atoms with Crippen LogP contribution in [0.1, 0.15) is 49.9 Å². The van der Waals surface area contributed by atoms with E-state index in [0.717, 1.165) is 70.7 Å². The van der Waals surface area contributed by atoms with Crippen molar-refractivity contribution in [3.63, 3.8) is 0 Å². The first-order chi connectivity index (χ1) is 14.8. The lowest BCUT2D eigenvalue weighted by molar-refractivity contribution is 0.0203. The van der Waals surface area contributed by atoms with E-state index in [0.29, 0.717) is 12.0 Å². The van der Waals surface area contributed by atoms with Gasteiger partial charge < -0.3 is 20.1 Å². The van der Waals surface area contributed by atoms with Crippen LogP contribution >= 0.6 is 35.3 Å². The van der Waals surface area contributed by atoms with E-state index in [1.165, 1.54) is 30.8 Å². The van der Waals surface area contributed by atoms with Crippen molar-refractivity contribution in [3.05, 3.63) is 22.4 Å². The number of rotatable bonds is 10. The lowest BCUT2D eigenvalue weighted by atomic mass is 9.97. The quantitative estimate of drug-likeness (QED) is 0.194. The normalized spacial score (nSPS) is 20.3. The number of guanidine groups is 1. The summed E-state index contributed by atoms with van der Waals surface area (Å²) in [5, 5.41) is 9.18. The molecule has 0 aromatic carbocycles. The monoisotopic (exact) mass is 564 g/mol. The zero-order valence-electron chi connectivity index (χ0n) is 19.2. The summed E-state index contributed by atoms with van der Waals surface area (Å²) in [7, 11) is 1.85. The number of ether oxygens (including phenoxy) is 2. The molecule has 0 radical (unpaired) electrons. The predicted octanol–water partition coefficient (Wildman–Crippen LogP) is 4.14. The van der Waals surface area contributed by atoms with E-state index in [4.69, 9.17) is 9.47 Å². The molecule has 0 spiro atoms. The van der Waals surface area contributed by atoms with Gasteiger partial charge in [0.25, 0.3) is 0 Å². The average molecular weight is 565 g/mol. The number of piperidine rings is 1. The standard InChI is InChI=1S/C23H40N4O2S.HI/c1-19-6-11-27(12-7-19)21(22-5-3-16-30-22)17-26-23(24-2)25-10-4-13-29-18-20-8-14-28-15-9-20;/h3,5,16,19-21H,4,6-15,17-18H2,1-2H3,(H2,24,25,26);1H. The number of aliphatic imine (C=N–C) groups is 1. The van der Waals surface area contributed by atoms with Crippen LogP contribution < -0.4 is 10.6 Å². The molecule has 8 heteroatoms. The second-order valence-corrected chi connectivity index (χ2v) is 9.59. The fourth-order valence-electron chi connectivity index (χ4n) is 4.19. The molecule has 6 nitrogen and oxygen atoms in total. The van der Waals surface area contributed by atoms with E-state index in [-0.39, 0.29) is 24.0 Å². The smallest absolute Gasteiger partial charge is 0.191 e. The van der Waals surface area contributed by atoms with Crippen molar-refractivity contribution in [2.75, 3.05) is 59.7 Å². The highest BCUT2D eigenvalue weighted by molar-refractivity contribution is 14.0. The third-order valence-corrected chi connectivity index (χ3v) is 7.24. The Bertz CT molecular complexity index is 603.